The molecule has 0 spiro atoms. The molecule has 3 aromatic rings. The van der Waals surface area contributed by atoms with Gasteiger partial charge in [-0.15, -0.1) is 0 Å². The van der Waals surface area contributed by atoms with Gasteiger partial charge in [0.25, 0.3) is 5.91 Å². The van der Waals surface area contributed by atoms with Crippen LogP contribution in [0.4, 0.5) is 24.5 Å². The van der Waals surface area contributed by atoms with Crippen molar-refractivity contribution < 1.29 is 36.2 Å². The fourth-order valence-electron chi connectivity index (χ4n) is 3.02. The van der Waals surface area contributed by atoms with E-state index in [0.29, 0.717) is 0 Å². The van der Waals surface area contributed by atoms with Crippen LogP contribution in [0.2, 0.25) is 0 Å². The van der Waals surface area contributed by atoms with Gasteiger partial charge in [0.15, 0.2) is 12.1 Å². The Labute approximate surface area is 175 Å². The van der Waals surface area contributed by atoms with Gasteiger partial charge in [-0.2, -0.15) is 13.2 Å². The van der Waals surface area contributed by atoms with Gasteiger partial charge in [-0.05, 0) is 42.5 Å². The van der Waals surface area contributed by atoms with Crippen molar-refractivity contribution in [3.63, 3.8) is 0 Å². The molecule has 1 aliphatic rings. The van der Waals surface area contributed by atoms with E-state index >= 15 is 0 Å². The molecule has 31 heavy (non-hydrogen) atoms. The Morgan fingerprint density at radius 1 is 1.16 bits per heavy atom. The van der Waals surface area contributed by atoms with E-state index in [4.69, 9.17) is 9.15 Å². The largest absolute Gasteiger partial charge is 0.490 e. The van der Waals surface area contributed by atoms with Gasteiger partial charge in [-0.1, -0.05) is 10.8 Å². The third-order valence-corrected chi connectivity index (χ3v) is 6.42. The maximum atomic E-state index is 12.9. The molecule has 8 nitrogen and oxygen atoms in total. The molecule has 0 radical (unpaired) electrons. The number of amides is 1. The van der Waals surface area contributed by atoms with E-state index in [0.717, 1.165) is 36.9 Å². The molecule has 1 aliphatic heterocycles. The predicted octanol–water partition coefficient (Wildman–Crippen LogP) is 4.87. The molecule has 4 rings (SSSR count). The topological polar surface area (TPSA) is 108 Å². The fourth-order valence-corrected chi connectivity index (χ4v) is 4.68. The number of hydrogen-bond acceptors (Lipinski definition) is 7. The number of nitrogens with one attached hydrogen (secondary N) is 1. The summed E-state index contributed by atoms with van der Waals surface area (Å²) < 4.78 is 72.1. The molecule has 0 fully saturated rings. The highest BCUT2D eigenvalue weighted by molar-refractivity contribution is 8.25. The van der Waals surface area contributed by atoms with Crippen LogP contribution in [0.25, 0.3) is 0 Å². The molecular formula is C19H16F3N3O5S. The van der Waals surface area contributed by atoms with Crippen molar-refractivity contribution >= 4 is 28.1 Å². The first-order valence-corrected chi connectivity index (χ1v) is 10.4. The predicted molar refractivity (Wildman–Crippen MR) is 106 cm³/mol. The van der Waals surface area contributed by atoms with Gasteiger partial charge in [-0.25, -0.2) is 4.98 Å². The summed E-state index contributed by atoms with van der Waals surface area (Å²) >= 11 is 0. The number of nitrogens with zero attached hydrogens (tertiary/aromatic N) is 2. The number of fused-ring (bicyclic) bond motifs is 1. The number of carbonyl (C=O) groups is 1. The number of anilines is 2. The maximum Gasteiger partial charge on any atom is 0.416 e. The zero-order valence-electron chi connectivity index (χ0n) is 15.7. The Kier molecular flexibility index (Phi) is 5.29. The molecule has 0 atom stereocenters. The van der Waals surface area contributed by atoms with Crippen LogP contribution in [0, 0.1) is 0 Å². The SMILES string of the molecule is O=C(Nc1ccc2c(c1)S(O)(O)N(c1ccc(C(F)(F)F)cc1)CCO2)c1cocn1. The van der Waals surface area contributed by atoms with E-state index in [1.807, 2.05) is 0 Å². The first-order valence-electron chi connectivity index (χ1n) is 8.86. The Balaban J connectivity index is 1.65. The van der Waals surface area contributed by atoms with Gasteiger partial charge < -0.3 is 14.5 Å². The summed E-state index contributed by atoms with van der Waals surface area (Å²) in [4.78, 5) is 15.9. The van der Waals surface area contributed by atoms with Crippen LogP contribution < -0.4 is 14.4 Å². The number of oxazole rings is 1. The van der Waals surface area contributed by atoms with Gasteiger partial charge in [0, 0.05) is 5.69 Å². The van der Waals surface area contributed by atoms with E-state index in [2.05, 4.69) is 10.3 Å². The minimum atomic E-state index is -4.51. The van der Waals surface area contributed by atoms with Gasteiger partial charge in [-0.3, -0.25) is 18.2 Å². The molecule has 164 valence electrons. The number of ether oxygens (including phenoxy) is 1. The van der Waals surface area contributed by atoms with Crippen LogP contribution in [-0.2, 0) is 6.18 Å². The molecule has 0 bridgehead atoms. The van der Waals surface area contributed by atoms with E-state index in [-0.39, 0.29) is 40.9 Å². The summed E-state index contributed by atoms with van der Waals surface area (Å²) in [5.41, 5.74) is -0.396. The summed E-state index contributed by atoms with van der Waals surface area (Å²) in [6.45, 7) is 0.0809. The van der Waals surface area contributed by atoms with Gasteiger partial charge in [0.1, 0.15) is 23.5 Å². The highest BCUT2D eigenvalue weighted by Gasteiger charge is 2.34. The molecule has 0 saturated carbocycles. The lowest BCUT2D eigenvalue weighted by Crippen LogP contribution is -2.29. The van der Waals surface area contributed by atoms with Gasteiger partial charge in [0.2, 0.25) is 0 Å². The molecule has 1 amide bonds. The van der Waals surface area contributed by atoms with Crippen LogP contribution in [0.5, 0.6) is 5.75 Å². The smallest absolute Gasteiger partial charge is 0.416 e. The lowest BCUT2D eigenvalue weighted by atomic mass is 10.2. The van der Waals surface area contributed by atoms with Crippen LogP contribution >= 0.6 is 10.8 Å². The van der Waals surface area contributed by atoms with Crippen LogP contribution in [0.15, 0.2) is 64.4 Å². The average Bonchev–Trinajstić information content (AvgIpc) is 3.22. The minimum Gasteiger partial charge on any atom is -0.490 e. The zero-order chi connectivity index (χ0) is 22.2. The van der Waals surface area contributed by atoms with Gasteiger partial charge >= 0.3 is 6.18 Å². The van der Waals surface area contributed by atoms with Crippen molar-refractivity contribution in [3.05, 3.63) is 66.4 Å². The molecule has 1 aromatic heterocycles. The molecule has 2 heterocycles. The van der Waals surface area contributed by atoms with Crippen molar-refractivity contribution in [2.75, 3.05) is 22.8 Å². The maximum absolute atomic E-state index is 12.9. The highest BCUT2D eigenvalue weighted by atomic mass is 32.3. The van der Waals surface area contributed by atoms with E-state index in [1.54, 1.807) is 0 Å². The third kappa shape index (κ3) is 4.17. The summed E-state index contributed by atoms with van der Waals surface area (Å²) in [5, 5.41) is 2.56. The number of hydrogen-bond donors (Lipinski definition) is 3. The van der Waals surface area contributed by atoms with Crippen molar-refractivity contribution in [2.45, 2.75) is 11.1 Å². The minimum absolute atomic E-state index is 0.0112. The van der Waals surface area contributed by atoms with E-state index < -0.39 is 28.4 Å². The second kappa shape index (κ2) is 7.80. The second-order valence-corrected chi connectivity index (χ2v) is 8.42. The number of benzene rings is 2. The number of carbonyl (C=O) groups excluding carboxylic acids is 1. The number of aromatic nitrogens is 1. The number of halogens is 3. The first kappa shape index (κ1) is 21.0. The molecule has 0 unspecified atom stereocenters. The average molecular weight is 455 g/mol. The number of alkyl halides is 3. The summed E-state index contributed by atoms with van der Waals surface area (Å²) in [5.74, 6) is -0.381. The second-order valence-electron chi connectivity index (χ2n) is 6.50. The Morgan fingerprint density at radius 2 is 1.90 bits per heavy atom. The fraction of sp³-hybridized carbons (Fsp3) is 0.158. The molecule has 0 saturated heterocycles. The third-order valence-electron chi connectivity index (χ3n) is 4.50. The molecule has 0 aliphatic carbocycles. The quantitative estimate of drug-likeness (QED) is 0.517. The van der Waals surface area contributed by atoms with Gasteiger partial charge in [0.05, 0.1) is 17.8 Å². The summed E-state index contributed by atoms with van der Waals surface area (Å²) in [6.07, 6.45) is -2.26. The standard InChI is InChI=1S/C19H16F3N3O5S/c20-19(21,22)12-1-4-14(5-2-12)25-7-8-30-16-6-3-13(9-17(16)31(25,27)28)24-18(26)15-10-29-11-23-15/h1-6,9-11,27-28H,7-8H2,(H,24,26). The van der Waals surface area contributed by atoms with Crippen LogP contribution in [-0.4, -0.2) is 33.1 Å². The normalized spacial score (nSPS) is 16.6. The molecule has 2 aromatic carbocycles. The highest BCUT2D eigenvalue weighted by Crippen LogP contribution is 2.58. The Morgan fingerprint density at radius 3 is 2.55 bits per heavy atom. The Hall–Kier alpha value is -3.22. The molecule has 3 N–H and O–H groups in total. The van der Waals surface area contributed by atoms with Crippen molar-refractivity contribution in [2.24, 2.45) is 0 Å². The van der Waals surface area contributed by atoms with Crippen molar-refractivity contribution in [3.8, 4) is 5.75 Å². The lowest BCUT2D eigenvalue weighted by Gasteiger charge is -2.42. The number of rotatable bonds is 3. The van der Waals surface area contributed by atoms with E-state index in [1.165, 1.54) is 22.5 Å². The van der Waals surface area contributed by atoms with Crippen molar-refractivity contribution in [1.82, 2.24) is 4.98 Å². The Bertz CT molecular complexity index is 1090. The lowest BCUT2D eigenvalue weighted by molar-refractivity contribution is -0.137. The molecular weight excluding hydrogens is 439 g/mol. The monoisotopic (exact) mass is 455 g/mol. The first-order chi connectivity index (χ1) is 14.7. The van der Waals surface area contributed by atoms with Crippen LogP contribution in [0.3, 0.4) is 0 Å². The summed E-state index contributed by atoms with van der Waals surface area (Å²) in [7, 11) is -3.69. The van der Waals surface area contributed by atoms with Crippen LogP contribution in [0.1, 0.15) is 16.1 Å². The summed E-state index contributed by atoms with van der Waals surface area (Å²) in [6, 6.07) is 8.39. The van der Waals surface area contributed by atoms with Crippen molar-refractivity contribution in [1.29, 1.82) is 0 Å². The molecule has 12 heteroatoms. The van der Waals surface area contributed by atoms with E-state index in [9.17, 15) is 27.1 Å². The zero-order valence-corrected chi connectivity index (χ0v) is 16.5.